The van der Waals surface area contributed by atoms with Crippen molar-refractivity contribution in [1.82, 2.24) is 0 Å². The molecule has 6 atom stereocenters. The summed E-state index contributed by atoms with van der Waals surface area (Å²) in [4.78, 5) is 65.6. The monoisotopic (exact) mass is 824 g/mol. The number of para-hydroxylation sites is 1. The highest BCUT2D eigenvalue weighted by Crippen LogP contribution is 2.67. The molecule has 9 nitrogen and oxygen atoms in total. The molecule has 1 saturated carbocycles. The molecule has 4 aromatic rings. The number of ether oxygens (including phenoxy) is 1. The SMILES string of the molecule is CCOc1cccc([C@H]2C3=CC[C@@H]4C(=O)N(c5ccc(C(=O)c6ccccc6)cc5)C(=O)[C@@H]4[C@@H]3C[C@@]3(Cl)C(=O)N(c4c(F)c(F)c(F)c(F)c4F)C(=O)[C@@]23Cl)c1O. The number of ketones is 1. The van der Waals surface area contributed by atoms with Gasteiger partial charge in [-0.05, 0) is 56.0 Å². The van der Waals surface area contributed by atoms with Gasteiger partial charge in [-0.2, -0.15) is 0 Å². The van der Waals surface area contributed by atoms with Gasteiger partial charge in [-0.3, -0.25) is 28.9 Å². The van der Waals surface area contributed by atoms with Crippen molar-refractivity contribution < 1.29 is 55.8 Å². The minimum Gasteiger partial charge on any atom is -0.504 e. The zero-order chi connectivity index (χ0) is 40.9. The second-order valence-corrected chi connectivity index (χ2v) is 15.3. The maximum absolute atomic E-state index is 15.3. The Labute approximate surface area is 330 Å². The Balaban J connectivity index is 1.25. The molecule has 0 spiro atoms. The van der Waals surface area contributed by atoms with Crippen LogP contribution in [0.3, 0.4) is 0 Å². The summed E-state index contributed by atoms with van der Waals surface area (Å²) in [5.41, 5.74) is -1.13. The van der Waals surface area contributed by atoms with E-state index >= 15 is 8.78 Å². The van der Waals surface area contributed by atoms with Gasteiger partial charge in [0.15, 0.2) is 50.3 Å². The fraction of sp³-hybridized carbons (Fsp3) is 0.244. The van der Waals surface area contributed by atoms with Crippen molar-refractivity contribution in [3.8, 4) is 11.5 Å². The number of halogens is 7. The molecule has 2 aliphatic heterocycles. The summed E-state index contributed by atoms with van der Waals surface area (Å²) >= 11 is 14.4. The van der Waals surface area contributed by atoms with Crippen molar-refractivity contribution in [2.75, 3.05) is 16.4 Å². The smallest absolute Gasteiger partial charge is 0.258 e. The summed E-state index contributed by atoms with van der Waals surface area (Å²) in [6, 6.07) is 18.3. The lowest BCUT2D eigenvalue weighted by Gasteiger charge is -2.50. The minimum atomic E-state index is -2.82. The number of phenols is 1. The molecule has 8 rings (SSSR count). The summed E-state index contributed by atoms with van der Waals surface area (Å²) in [5.74, 6) is -23.4. The van der Waals surface area contributed by atoms with Gasteiger partial charge in [0.05, 0.1) is 24.1 Å². The topological polar surface area (TPSA) is 121 Å². The third-order valence-electron chi connectivity index (χ3n) is 11.3. The molecule has 0 unspecified atom stereocenters. The quantitative estimate of drug-likeness (QED) is 0.0390. The van der Waals surface area contributed by atoms with E-state index in [4.69, 9.17) is 27.9 Å². The number of benzene rings is 4. The van der Waals surface area contributed by atoms with Gasteiger partial charge in [0.1, 0.15) is 5.69 Å². The van der Waals surface area contributed by atoms with Crippen molar-refractivity contribution in [2.45, 2.75) is 35.4 Å². The molecule has 2 aliphatic carbocycles. The Kier molecular flexibility index (Phi) is 9.08. The van der Waals surface area contributed by atoms with Crippen molar-refractivity contribution in [2.24, 2.45) is 17.8 Å². The van der Waals surface area contributed by atoms with Crippen LogP contribution in [0.1, 0.15) is 47.2 Å². The van der Waals surface area contributed by atoms with Crippen LogP contribution in [-0.2, 0) is 19.2 Å². The number of fused-ring (bicyclic) bond motifs is 4. The van der Waals surface area contributed by atoms with Crippen LogP contribution in [0.2, 0.25) is 0 Å². The predicted molar refractivity (Wildman–Crippen MR) is 195 cm³/mol. The number of amides is 4. The van der Waals surface area contributed by atoms with Crippen LogP contribution in [0.5, 0.6) is 11.5 Å². The summed E-state index contributed by atoms with van der Waals surface area (Å²) in [6.07, 6.45) is 0.677. The van der Waals surface area contributed by atoms with E-state index in [1.54, 1.807) is 37.3 Å². The number of carbonyl (C=O) groups is 5. The van der Waals surface area contributed by atoms with Crippen LogP contribution in [0.25, 0.3) is 0 Å². The van der Waals surface area contributed by atoms with E-state index in [1.165, 1.54) is 48.5 Å². The maximum Gasteiger partial charge on any atom is 0.258 e. The van der Waals surface area contributed by atoms with E-state index in [1.807, 2.05) is 0 Å². The summed E-state index contributed by atoms with van der Waals surface area (Å²) < 4.78 is 79.5. The van der Waals surface area contributed by atoms with Gasteiger partial charge >= 0.3 is 0 Å². The van der Waals surface area contributed by atoms with Gasteiger partial charge in [-0.15, -0.1) is 23.2 Å². The molecular formula is C41H27Cl2F5N2O7. The third kappa shape index (κ3) is 5.22. The molecule has 1 N–H and O–H groups in total. The van der Waals surface area contributed by atoms with E-state index < -0.39 is 104 Å². The zero-order valence-corrected chi connectivity index (χ0v) is 30.9. The molecule has 292 valence electrons. The fourth-order valence-electron chi connectivity index (χ4n) is 8.73. The van der Waals surface area contributed by atoms with E-state index in [9.17, 15) is 42.3 Å². The second-order valence-electron chi connectivity index (χ2n) is 14.1. The number of phenolic OH excluding ortho intramolecular Hbond substituents is 1. The highest BCUT2D eigenvalue weighted by molar-refractivity contribution is 6.58. The largest absolute Gasteiger partial charge is 0.504 e. The normalized spacial score (nSPS) is 26.6. The van der Waals surface area contributed by atoms with Crippen LogP contribution in [-0.4, -0.2) is 50.9 Å². The molecule has 57 heavy (non-hydrogen) atoms. The Morgan fingerprint density at radius 2 is 1.39 bits per heavy atom. The molecule has 4 aliphatic rings. The Morgan fingerprint density at radius 1 is 0.772 bits per heavy atom. The lowest BCUT2D eigenvalue weighted by Crippen LogP contribution is -2.60. The van der Waals surface area contributed by atoms with Crippen LogP contribution < -0.4 is 14.5 Å². The molecule has 4 aromatic carbocycles. The molecule has 3 fully saturated rings. The fourth-order valence-corrected chi connectivity index (χ4v) is 9.66. The van der Waals surface area contributed by atoms with Crippen molar-refractivity contribution in [3.05, 3.63) is 130 Å². The van der Waals surface area contributed by atoms with Gasteiger partial charge in [0.25, 0.3) is 11.8 Å². The first-order chi connectivity index (χ1) is 27.1. The van der Waals surface area contributed by atoms with E-state index in [0.717, 1.165) is 4.90 Å². The van der Waals surface area contributed by atoms with E-state index in [-0.39, 0.29) is 51.8 Å². The van der Waals surface area contributed by atoms with E-state index in [0.29, 0.717) is 5.56 Å². The van der Waals surface area contributed by atoms with Crippen LogP contribution in [0.15, 0.2) is 84.4 Å². The van der Waals surface area contributed by atoms with Crippen molar-refractivity contribution in [3.63, 3.8) is 0 Å². The van der Waals surface area contributed by atoms with Crippen molar-refractivity contribution >= 4 is 64.0 Å². The highest BCUT2D eigenvalue weighted by Gasteiger charge is 2.77. The lowest BCUT2D eigenvalue weighted by atomic mass is 9.56. The first-order valence-electron chi connectivity index (χ1n) is 17.6. The zero-order valence-electron chi connectivity index (χ0n) is 29.4. The number of hydrogen-bond acceptors (Lipinski definition) is 7. The molecule has 0 bridgehead atoms. The number of hydrogen-bond donors (Lipinski definition) is 1. The predicted octanol–water partition coefficient (Wildman–Crippen LogP) is 7.49. The van der Waals surface area contributed by atoms with E-state index in [2.05, 4.69) is 0 Å². The number of anilines is 2. The number of rotatable bonds is 7. The molecule has 0 aromatic heterocycles. The number of aromatic hydroxyl groups is 1. The molecule has 0 radical (unpaired) electrons. The highest BCUT2D eigenvalue weighted by atomic mass is 35.5. The van der Waals surface area contributed by atoms with Gasteiger partial charge < -0.3 is 9.84 Å². The first-order valence-corrected chi connectivity index (χ1v) is 18.4. The second kappa shape index (κ2) is 13.5. The van der Waals surface area contributed by atoms with Gasteiger partial charge in [0, 0.05) is 22.6 Å². The number of carbonyl (C=O) groups excluding carboxylic acids is 5. The molecule has 16 heteroatoms. The van der Waals surface area contributed by atoms with Crippen LogP contribution >= 0.6 is 23.2 Å². The first kappa shape index (κ1) is 38.3. The number of alkyl halides is 2. The standard InChI is InChI=1S/C41H27Cl2F5N2O7/c1-2-57-25-10-6-9-23(35(25)52)27-21-15-16-22-26(37(54)49(36(22)53)20-13-11-19(12-14-20)34(51)18-7-4-3-5-8-18)24(21)17-40(42)38(55)50(39(56)41(27,40)43)33-31(47)29(45)28(44)30(46)32(33)48/h3-15,22,24,26-27,52H,2,16-17H2,1H3/t22-,24+,26-,27+,40+,41-/m0/s1. The molecule has 2 saturated heterocycles. The Bertz CT molecular complexity index is 2460. The van der Waals surface area contributed by atoms with Crippen LogP contribution in [0, 0.1) is 46.8 Å². The minimum absolute atomic E-state index is 0.0570. The van der Waals surface area contributed by atoms with Gasteiger partial charge in [-0.1, -0.05) is 54.1 Å². The number of allylic oxidation sites excluding steroid dienone is 2. The van der Waals surface area contributed by atoms with Gasteiger partial charge in [0.2, 0.25) is 17.6 Å². The lowest BCUT2D eigenvalue weighted by molar-refractivity contribution is -0.125. The Hall–Kier alpha value is -5.60. The average molecular weight is 826 g/mol. The summed E-state index contributed by atoms with van der Waals surface area (Å²) in [5, 5.41) is 11.5. The number of nitrogens with zero attached hydrogens (tertiary/aromatic N) is 2. The molecule has 2 heterocycles. The maximum atomic E-state index is 15.3. The third-order valence-corrected chi connectivity index (χ3v) is 12.7. The van der Waals surface area contributed by atoms with Gasteiger partial charge in [-0.25, -0.2) is 26.9 Å². The number of imide groups is 2. The van der Waals surface area contributed by atoms with Crippen LogP contribution in [0.4, 0.5) is 33.3 Å². The Morgan fingerprint density at radius 3 is 2.02 bits per heavy atom. The molecular weight excluding hydrogens is 798 g/mol. The summed E-state index contributed by atoms with van der Waals surface area (Å²) in [6.45, 7) is 1.67. The average Bonchev–Trinajstić information content (AvgIpc) is 3.55. The molecule has 4 amide bonds. The van der Waals surface area contributed by atoms with Crippen molar-refractivity contribution in [1.29, 1.82) is 0 Å². The summed E-state index contributed by atoms with van der Waals surface area (Å²) in [7, 11) is 0.